The summed E-state index contributed by atoms with van der Waals surface area (Å²) >= 11 is 0. The van der Waals surface area contributed by atoms with E-state index in [2.05, 4.69) is 0 Å². The summed E-state index contributed by atoms with van der Waals surface area (Å²) in [6, 6.07) is 5.01. The average Bonchev–Trinajstić information content (AvgIpc) is 2.61. The van der Waals surface area contributed by atoms with Crippen molar-refractivity contribution >= 4 is 5.97 Å². The Kier molecular flexibility index (Phi) is 2.50. The molecule has 0 bridgehead atoms. The molecule has 0 spiro atoms. The Hall–Kier alpha value is -1.71. The molecule has 0 aliphatic carbocycles. The van der Waals surface area contributed by atoms with Crippen molar-refractivity contribution < 1.29 is 19.0 Å². The second kappa shape index (κ2) is 3.70. The molecule has 0 atom stereocenters. The van der Waals surface area contributed by atoms with Crippen LogP contribution in [0.5, 0.6) is 11.5 Å². The maximum atomic E-state index is 11.7. The van der Waals surface area contributed by atoms with Crippen molar-refractivity contribution in [1.82, 2.24) is 0 Å². The lowest BCUT2D eigenvalue weighted by Gasteiger charge is -2.19. The number of hydrogen-bond donors (Lipinski definition) is 0. The highest BCUT2D eigenvalue weighted by atomic mass is 16.7. The number of rotatable bonds is 1. The molecule has 4 heteroatoms. The maximum absolute atomic E-state index is 11.7. The van der Waals surface area contributed by atoms with Crippen LogP contribution in [0.2, 0.25) is 0 Å². The van der Waals surface area contributed by atoms with Crippen molar-refractivity contribution in [3.05, 3.63) is 23.8 Å². The summed E-state index contributed by atoms with van der Waals surface area (Å²) in [4.78, 5) is 11.7. The molecule has 0 N–H and O–H groups in total. The van der Waals surface area contributed by atoms with Crippen LogP contribution in [0.3, 0.4) is 0 Å². The third-order valence-corrected chi connectivity index (χ3v) is 2.01. The summed E-state index contributed by atoms with van der Waals surface area (Å²) in [6.07, 6.45) is 0. The second-order valence-corrected chi connectivity index (χ2v) is 4.57. The lowest BCUT2D eigenvalue weighted by Crippen LogP contribution is -2.23. The fourth-order valence-corrected chi connectivity index (χ4v) is 1.36. The summed E-state index contributed by atoms with van der Waals surface area (Å²) < 4.78 is 15.6. The number of ether oxygens (including phenoxy) is 3. The van der Waals surface area contributed by atoms with E-state index in [1.54, 1.807) is 18.2 Å². The summed E-state index contributed by atoms with van der Waals surface area (Å²) in [5, 5.41) is 0. The molecule has 1 aliphatic heterocycles. The SMILES string of the molecule is CC(C)(C)OC(=O)c1ccc2c(c1)OCO2. The van der Waals surface area contributed by atoms with Gasteiger partial charge in [-0.1, -0.05) is 0 Å². The zero-order valence-electron chi connectivity index (χ0n) is 9.57. The largest absolute Gasteiger partial charge is 0.456 e. The van der Waals surface area contributed by atoms with Gasteiger partial charge >= 0.3 is 5.97 Å². The Morgan fingerprint density at radius 2 is 1.94 bits per heavy atom. The van der Waals surface area contributed by atoms with Crippen LogP contribution < -0.4 is 9.47 Å². The number of carbonyl (C=O) groups is 1. The van der Waals surface area contributed by atoms with Gasteiger partial charge < -0.3 is 14.2 Å². The Labute approximate surface area is 94.1 Å². The van der Waals surface area contributed by atoms with E-state index in [1.807, 2.05) is 20.8 Å². The van der Waals surface area contributed by atoms with Gasteiger partial charge in [-0.05, 0) is 39.0 Å². The van der Waals surface area contributed by atoms with Crippen LogP contribution in [-0.2, 0) is 4.74 Å². The Morgan fingerprint density at radius 3 is 2.62 bits per heavy atom. The molecule has 2 rings (SSSR count). The summed E-state index contributed by atoms with van der Waals surface area (Å²) in [5.74, 6) is 0.890. The summed E-state index contributed by atoms with van der Waals surface area (Å²) in [6.45, 7) is 5.70. The normalized spacial score (nSPS) is 13.7. The zero-order chi connectivity index (χ0) is 11.8. The molecule has 0 unspecified atom stereocenters. The Balaban J connectivity index is 2.19. The van der Waals surface area contributed by atoms with Crippen LogP contribution in [0.25, 0.3) is 0 Å². The molecule has 0 radical (unpaired) electrons. The first kappa shape index (κ1) is 10.8. The number of esters is 1. The van der Waals surface area contributed by atoms with E-state index in [-0.39, 0.29) is 12.8 Å². The summed E-state index contributed by atoms with van der Waals surface area (Å²) in [7, 11) is 0. The quantitative estimate of drug-likeness (QED) is 0.684. The fraction of sp³-hybridized carbons (Fsp3) is 0.417. The molecule has 1 aromatic carbocycles. The first-order chi connectivity index (χ1) is 7.46. The van der Waals surface area contributed by atoms with E-state index < -0.39 is 5.60 Å². The molecule has 0 aromatic heterocycles. The molecular formula is C12H14O4. The molecule has 0 fully saturated rings. The predicted octanol–water partition coefficient (Wildman–Crippen LogP) is 2.37. The first-order valence-electron chi connectivity index (χ1n) is 5.09. The van der Waals surface area contributed by atoms with E-state index in [1.165, 1.54) is 0 Å². The number of benzene rings is 1. The molecule has 0 saturated carbocycles. The minimum Gasteiger partial charge on any atom is -0.456 e. The monoisotopic (exact) mass is 222 g/mol. The van der Waals surface area contributed by atoms with Gasteiger partial charge in [-0.2, -0.15) is 0 Å². The smallest absolute Gasteiger partial charge is 0.338 e. The fourth-order valence-electron chi connectivity index (χ4n) is 1.36. The van der Waals surface area contributed by atoms with Crippen molar-refractivity contribution in [1.29, 1.82) is 0 Å². The van der Waals surface area contributed by atoms with Gasteiger partial charge in [-0.15, -0.1) is 0 Å². The highest BCUT2D eigenvalue weighted by molar-refractivity contribution is 5.90. The Bertz CT molecular complexity index is 418. The van der Waals surface area contributed by atoms with Crippen LogP contribution in [0.1, 0.15) is 31.1 Å². The van der Waals surface area contributed by atoms with Gasteiger partial charge in [0.1, 0.15) is 5.60 Å². The van der Waals surface area contributed by atoms with Gasteiger partial charge in [0.2, 0.25) is 6.79 Å². The van der Waals surface area contributed by atoms with E-state index in [0.29, 0.717) is 17.1 Å². The molecule has 0 amide bonds. The lowest BCUT2D eigenvalue weighted by atomic mass is 10.1. The molecule has 16 heavy (non-hydrogen) atoms. The van der Waals surface area contributed by atoms with Crippen molar-refractivity contribution in [3.8, 4) is 11.5 Å². The third-order valence-electron chi connectivity index (χ3n) is 2.01. The van der Waals surface area contributed by atoms with E-state index in [9.17, 15) is 4.79 Å². The van der Waals surface area contributed by atoms with Crippen LogP contribution in [0, 0.1) is 0 Å². The predicted molar refractivity (Wildman–Crippen MR) is 57.7 cm³/mol. The average molecular weight is 222 g/mol. The van der Waals surface area contributed by atoms with Crippen molar-refractivity contribution in [3.63, 3.8) is 0 Å². The number of hydrogen-bond acceptors (Lipinski definition) is 4. The molecule has 1 heterocycles. The highest BCUT2D eigenvalue weighted by Gasteiger charge is 2.21. The first-order valence-corrected chi connectivity index (χ1v) is 5.09. The maximum Gasteiger partial charge on any atom is 0.338 e. The molecular weight excluding hydrogens is 208 g/mol. The van der Waals surface area contributed by atoms with Crippen molar-refractivity contribution in [2.45, 2.75) is 26.4 Å². The van der Waals surface area contributed by atoms with Gasteiger partial charge in [0.15, 0.2) is 11.5 Å². The van der Waals surface area contributed by atoms with Crippen molar-refractivity contribution in [2.24, 2.45) is 0 Å². The highest BCUT2D eigenvalue weighted by Crippen LogP contribution is 2.32. The van der Waals surface area contributed by atoms with Crippen molar-refractivity contribution in [2.75, 3.05) is 6.79 Å². The van der Waals surface area contributed by atoms with E-state index >= 15 is 0 Å². The minimum atomic E-state index is -0.493. The standard InChI is InChI=1S/C12H14O4/c1-12(2,3)16-11(13)8-4-5-9-10(6-8)15-7-14-9/h4-6H,7H2,1-3H3. The number of fused-ring (bicyclic) bond motifs is 1. The molecule has 0 saturated heterocycles. The Morgan fingerprint density at radius 1 is 1.25 bits per heavy atom. The van der Waals surface area contributed by atoms with Crippen LogP contribution in [-0.4, -0.2) is 18.4 Å². The topological polar surface area (TPSA) is 44.8 Å². The number of carbonyl (C=O) groups excluding carboxylic acids is 1. The van der Waals surface area contributed by atoms with Gasteiger partial charge in [0, 0.05) is 0 Å². The van der Waals surface area contributed by atoms with Crippen LogP contribution in [0.4, 0.5) is 0 Å². The van der Waals surface area contributed by atoms with Gasteiger partial charge in [-0.25, -0.2) is 4.79 Å². The molecule has 1 aliphatic rings. The van der Waals surface area contributed by atoms with Crippen LogP contribution >= 0.6 is 0 Å². The second-order valence-electron chi connectivity index (χ2n) is 4.57. The summed E-state index contributed by atoms with van der Waals surface area (Å²) in [5.41, 5.74) is -0.0211. The van der Waals surface area contributed by atoms with E-state index in [4.69, 9.17) is 14.2 Å². The minimum absolute atomic E-state index is 0.201. The van der Waals surface area contributed by atoms with Crippen LogP contribution in [0.15, 0.2) is 18.2 Å². The van der Waals surface area contributed by atoms with Gasteiger partial charge in [0.05, 0.1) is 5.56 Å². The molecule has 1 aromatic rings. The molecule has 4 nitrogen and oxygen atoms in total. The molecule has 86 valence electrons. The zero-order valence-corrected chi connectivity index (χ0v) is 9.57. The van der Waals surface area contributed by atoms with Gasteiger partial charge in [0.25, 0.3) is 0 Å². The van der Waals surface area contributed by atoms with E-state index in [0.717, 1.165) is 0 Å². The lowest BCUT2D eigenvalue weighted by molar-refractivity contribution is 0.00692. The van der Waals surface area contributed by atoms with Gasteiger partial charge in [-0.3, -0.25) is 0 Å². The third kappa shape index (κ3) is 2.27.